The largest absolute Gasteiger partial charge is 0.418 e. The molecule has 2 fully saturated rings. The summed E-state index contributed by atoms with van der Waals surface area (Å²) >= 11 is 0. The van der Waals surface area contributed by atoms with Crippen LogP contribution in [0, 0.1) is 0 Å². The highest BCUT2D eigenvalue weighted by Crippen LogP contribution is 2.34. The lowest BCUT2D eigenvalue weighted by Gasteiger charge is -2.37. The first-order valence-corrected chi connectivity index (χ1v) is 8.35. The van der Waals surface area contributed by atoms with Crippen molar-refractivity contribution in [3.05, 3.63) is 29.8 Å². The molecule has 0 aliphatic carbocycles. The summed E-state index contributed by atoms with van der Waals surface area (Å²) in [6, 6.07) is 5.27. The van der Waals surface area contributed by atoms with Crippen molar-refractivity contribution in [2.24, 2.45) is 0 Å². The second-order valence-corrected chi connectivity index (χ2v) is 6.21. The quantitative estimate of drug-likeness (QED) is 0.899. The molecule has 2 heterocycles. The highest BCUT2D eigenvalue weighted by Gasteiger charge is 2.40. The molecule has 1 aromatic rings. The van der Waals surface area contributed by atoms with Crippen molar-refractivity contribution in [3.8, 4) is 0 Å². The van der Waals surface area contributed by atoms with Crippen molar-refractivity contribution in [3.63, 3.8) is 0 Å². The van der Waals surface area contributed by atoms with Crippen LogP contribution in [0.1, 0.15) is 24.8 Å². The van der Waals surface area contributed by atoms with Gasteiger partial charge in [0, 0.05) is 44.6 Å². The van der Waals surface area contributed by atoms with E-state index in [1.165, 1.54) is 18.2 Å². The fourth-order valence-electron chi connectivity index (χ4n) is 3.23. The highest BCUT2D eigenvalue weighted by molar-refractivity contribution is 5.77. The zero-order chi connectivity index (χ0) is 17.9. The van der Waals surface area contributed by atoms with Crippen LogP contribution in [0.3, 0.4) is 0 Å². The Bertz CT molecular complexity index is 605. The molecule has 0 bridgehead atoms. The lowest BCUT2D eigenvalue weighted by Crippen LogP contribution is -2.47. The van der Waals surface area contributed by atoms with Gasteiger partial charge in [0.2, 0.25) is 5.91 Å². The lowest BCUT2D eigenvalue weighted by molar-refractivity contribution is -0.187. The summed E-state index contributed by atoms with van der Waals surface area (Å²) in [5.41, 5.74) is -0.731. The van der Waals surface area contributed by atoms with E-state index in [1.807, 2.05) is 0 Å². The molecule has 1 amide bonds. The minimum atomic E-state index is -4.42. The molecular formula is C17H21F3N2O3. The number of nitrogens with zero attached hydrogens (tertiary/aromatic N) is 1. The molecule has 0 unspecified atom stereocenters. The van der Waals surface area contributed by atoms with Crippen LogP contribution in [0.25, 0.3) is 0 Å². The number of hydrogen-bond donors (Lipinski definition) is 1. The zero-order valence-electron chi connectivity index (χ0n) is 13.8. The molecule has 2 saturated heterocycles. The summed E-state index contributed by atoms with van der Waals surface area (Å²) in [4.78, 5) is 14.0. The molecule has 0 saturated carbocycles. The van der Waals surface area contributed by atoms with Gasteiger partial charge in [-0.3, -0.25) is 4.79 Å². The van der Waals surface area contributed by atoms with Crippen molar-refractivity contribution in [1.29, 1.82) is 0 Å². The predicted octanol–water partition coefficient (Wildman–Crippen LogP) is 2.87. The number of carbonyl (C=O) groups is 1. The van der Waals surface area contributed by atoms with Crippen LogP contribution in [-0.2, 0) is 20.4 Å². The second kappa shape index (κ2) is 7.21. The Hall–Kier alpha value is -1.80. The molecule has 8 heteroatoms. The second-order valence-electron chi connectivity index (χ2n) is 6.21. The van der Waals surface area contributed by atoms with Gasteiger partial charge in [0.25, 0.3) is 0 Å². The number of halogens is 3. The van der Waals surface area contributed by atoms with Crippen LogP contribution in [0.2, 0.25) is 0 Å². The summed E-state index contributed by atoms with van der Waals surface area (Å²) in [7, 11) is 0. The Balaban J connectivity index is 1.48. The van der Waals surface area contributed by atoms with E-state index in [-0.39, 0.29) is 24.6 Å². The molecule has 2 aliphatic rings. The number of para-hydroxylation sites is 1. The van der Waals surface area contributed by atoms with Gasteiger partial charge in [0.05, 0.1) is 18.8 Å². The SMILES string of the molecule is O=C(CCNc1ccccc1C(F)(F)F)N1CCC2(CC1)OCCO2. The summed E-state index contributed by atoms with van der Waals surface area (Å²) in [5.74, 6) is -0.620. The maximum Gasteiger partial charge on any atom is 0.418 e. The fraction of sp³-hybridized carbons (Fsp3) is 0.588. The van der Waals surface area contributed by atoms with Crippen LogP contribution in [0.4, 0.5) is 18.9 Å². The number of ether oxygens (including phenoxy) is 2. The third-order valence-corrected chi connectivity index (χ3v) is 4.58. The van der Waals surface area contributed by atoms with E-state index in [4.69, 9.17) is 9.47 Å². The van der Waals surface area contributed by atoms with Gasteiger partial charge >= 0.3 is 6.18 Å². The van der Waals surface area contributed by atoms with E-state index in [0.717, 1.165) is 6.07 Å². The molecule has 1 aromatic carbocycles. The van der Waals surface area contributed by atoms with Crippen molar-refractivity contribution >= 4 is 11.6 Å². The first kappa shape index (κ1) is 18.0. The molecule has 25 heavy (non-hydrogen) atoms. The number of carbonyl (C=O) groups excluding carboxylic acids is 1. The van der Waals surface area contributed by atoms with E-state index in [1.54, 1.807) is 4.90 Å². The summed E-state index contributed by atoms with van der Waals surface area (Å²) in [6.45, 7) is 2.39. The number of anilines is 1. The van der Waals surface area contributed by atoms with Crippen LogP contribution >= 0.6 is 0 Å². The molecule has 0 aromatic heterocycles. The van der Waals surface area contributed by atoms with Crippen LogP contribution < -0.4 is 5.32 Å². The molecule has 1 spiro atoms. The molecule has 0 atom stereocenters. The maximum atomic E-state index is 12.9. The average molecular weight is 358 g/mol. The molecule has 138 valence electrons. The minimum absolute atomic E-state index is 0.00634. The van der Waals surface area contributed by atoms with Crippen LogP contribution in [0.5, 0.6) is 0 Å². The Morgan fingerprint density at radius 3 is 2.44 bits per heavy atom. The third-order valence-electron chi connectivity index (χ3n) is 4.58. The number of alkyl halides is 3. The van der Waals surface area contributed by atoms with Gasteiger partial charge < -0.3 is 19.7 Å². The Morgan fingerprint density at radius 1 is 1.16 bits per heavy atom. The lowest BCUT2D eigenvalue weighted by atomic mass is 10.0. The summed E-state index contributed by atoms with van der Waals surface area (Å²) in [5, 5.41) is 2.72. The normalized spacial score (nSPS) is 20.0. The monoisotopic (exact) mass is 358 g/mol. The number of rotatable bonds is 4. The molecular weight excluding hydrogens is 337 g/mol. The summed E-state index contributed by atoms with van der Waals surface area (Å²) < 4.78 is 50.0. The molecule has 0 radical (unpaired) electrons. The Labute approximate surface area is 144 Å². The van der Waals surface area contributed by atoms with Crippen LogP contribution in [0.15, 0.2) is 24.3 Å². The van der Waals surface area contributed by atoms with Gasteiger partial charge in [-0.05, 0) is 12.1 Å². The number of likely N-dealkylation sites (tertiary alicyclic amines) is 1. The topological polar surface area (TPSA) is 50.8 Å². The number of piperidine rings is 1. The number of amides is 1. The van der Waals surface area contributed by atoms with Gasteiger partial charge in [0.1, 0.15) is 0 Å². The fourth-order valence-corrected chi connectivity index (χ4v) is 3.23. The number of hydrogen-bond acceptors (Lipinski definition) is 4. The van der Waals surface area contributed by atoms with E-state index < -0.39 is 17.5 Å². The van der Waals surface area contributed by atoms with Gasteiger partial charge in [0.15, 0.2) is 5.79 Å². The van der Waals surface area contributed by atoms with Crippen molar-refractivity contribution < 1.29 is 27.4 Å². The number of nitrogens with one attached hydrogen (secondary N) is 1. The Kier molecular flexibility index (Phi) is 5.19. The smallest absolute Gasteiger partial charge is 0.384 e. The van der Waals surface area contributed by atoms with Crippen molar-refractivity contribution in [2.75, 3.05) is 38.2 Å². The molecule has 1 N–H and O–H groups in total. The molecule has 3 rings (SSSR count). The van der Waals surface area contributed by atoms with Gasteiger partial charge in [-0.25, -0.2) is 0 Å². The highest BCUT2D eigenvalue weighted by atomic mass is 19.4. The number of benzene rings is 1. The predicted molar refractivity (Wildman–Crippen MR) is 85.0 cm³/mol. The first-order valence-electron chi connectivity index (χ1n) is 8.35. The summed E-state index contributed by atoms with van der Waals surface area (Å²) in [6.07, 6.45) is -3.02. The van der Waals surface area contributed by atoms with E-state index in [9.17, 15) is 18.0 Å². The van der Waals surface area contributed by atoms with E-state index in [2.05, 4.69) is 5.32 Å². The maximum absolute atomic E-state index is 12.9. The van der Waals surface area contributed by atoms with E-state index >= 15 is 0 Å². The van der Waals surface area contributed by atoms with Gasteiger partial charge in [-0.15, -0.1) is 0 Å². The molecule has 2 aliphatic heterocycles. The van der Waals surface area contributed by atoms with Crippen molar-refractivity contribution in [1.82, 2.24) is 4.90 Å². The molecule has 5 nitrogen and oxygen atoms in total. The Morgan fingerprint density at radius 2 is 1.80 bits per heavy atom. The van der Waals surface area contributed by atoms with Gasteiger partial charge in [-0.2, -0.15) is 13.2 Å². The minimum Gasteiger partial charge on any atom is -0.384 e. The average Bonchev–Trinajstić information content (AvgIpc) is 3.03. The van der Waals surface area contributed by atoms with E-state index in [0.29, 0.717) is 39.1 Å². The van der Waals surface area contributed by atoms with Gasteiger partial charge in [-0.1, -0.05) is 12.1 Å². The van der Waals surface area contributed by atoms with Crippen LogP contribution in [-0.4, -0.2) is 49.4 Å². The third kappa shape index (κ3) is 4.24. The van der Waals surface area contributed by atoms with Crippen molar-refractivity contribution in [2.45, 2.75) is 31.2 Å². The first-order chi connectivity index (χ1) is 11.9. The zero-order valence-corrected chi connectivity index (χ0v) is 13.8. The standard InChI is InChI=1S/C17H21F3N2O3/c18-17(19,20)13-3-1-2-4-14(13)21-8-5-15(23)22-9-6-16(7-10-22)24-11-12-25-16/h1-4,21H,5-12H2.